The van der Waals surface area contributed by atoms with Crippen molar-refractivity contribution < 1.29 is 24.3 Å². The number of hydrazine groups is 1. The quantitative estimate of drug-likeness (QED) is 0.696. The van der Waals surface area contributed by atoms with Gasteiger partial charge in [0.1, 0.15) is 6.04 Å². The van der Waals surface area contributed by atoms with E-state index in [2.05, 4.69) is 5.32 Å². The third-order valence-electron chi connectivity index (χ3n) is 5.48. The normalized spacial score (nSPS) is 23.2. The van der Waals surface area contributed by atoms with E-state index in [0.29, 0.717) is 26.1 Å². The summed E-state index contributed by atoms with van der Waals surface area (Å²) in [6, 6.07) is 8.14. The first-order valence-electron chi connectivity index (χ1n) is 10.2. The zero-order valence-electron chi connectivity index (χ0n) is 17.0. The molecule has 0 radical (unpaired) electrons. The lowest BCUT2D eigenvalue weighted by atomic mass is 9.95. The van der Waals surface area contributed by atoms with Crippen LogP contribution in [-0.2, 0) is 25.6 Å². The zero-order valence-corrected chi connectivity index (χ0v) is 17.8. The fourth-order valence-electron chi connectivity index (χ4n) is 3.98. The van der Waals surface area contributed by atoms with E-state index >= 15 is 0 Å². The fraction of sp³-hybridized carbons (Fsp3) is 0.524. The van der Waals surface area contributed by atoms with Gasteiger partial charge in [-0.05, 0) is 31.2 Å². The van der Waals surface area contributed by atoms with Crippen molar-refractivity contribution in [3.63, 3.8) is 0 Å². The molecule has 3 atom stereocenters. The second kappa shape index (κ2) is 10.1. The van der Waals surface area contributed by atoms with Gasteiger partial charge in [-0.3, -0.25) is 24.2 Å². The van der Waals surface area contributed by atoms with Gasteiger partial charge in [0.15, 0.2) is 5.12 Å². The van der Waals surface area contributed by atoms with Crippen molar-refractivity contribution in [2.75, 3.05) is 19.6 Å². The number of thioether (sulfide) groups is 1. The van der Waals surface area contributed by atoms with Crippen molar-refractivity contribution >= 4 is 34.7 Å². The molecule has 3 rings (SSSR count). The number of benzene rings is 1. The maximum Gasteiger partial charge on any atom is 0.309 e. The third kappa shape index (κ3) is 5.40. The summed E-state index contributed by atoms with van der Waals surface area (Å²) in [7, 11) is 0. The van der Waals surface area contributed by atoms with Crippen molar-refractivity contribution in [2.24, 2.45) is 5.92 Å². The molecule has 2 N–H and O–H groups in total. The highest BCUT2D eigenvalue weighted by Gasteiger charge is 2.43. The predicted molar refractivity (Wildman–Crippen MR) is 112 cm³/mol. The average molecular weight is 434 g/mol. The Morgan fingerprint density at radius 1 is 1.17 bits per heavy atom. The molecule has 2 aliphatic heterocycles. The Bertz CT molecular complexity index is 803. The number of carbonyl (C=O) groups excluding carboxylic acids is 3. The molecule has 0 unspecified atom stereocenters. The van der Waals surface area contributed by atoms with E-state index in [1.807, 2.05) is 35.3 Å². The van der Waals surface area contributed by atoms with Crippen LogP contribution in [0, 0.1) is 5.92 Å². The molecule has 162 valence electrons. The molecule has 0 aliphatic carbocycles. The molecule has 2 amide bonds. The lowest BCUT2D eigenvalue weighted by Gasteiger charge is -2.38. The molecule has 0 saturated carbocycles. The minimum atomic E-state index is -1.15. The van der Waals surface area contributed by atoms with Crippen molar-refractivity contribution in [3.8, 4) is 0 Å². The second-order valence-electron chi connectivity index (χ2n) is 7.63. The molecular formula is C21H27N3O5S. The van der Waals surface area contributed by atoms with E-state index in [4.69, 9.17) is 0 Å². The lowest BCUT2D eigenvalue weighted by molar-refractivity contribution is -0.156. The zero-order chi connectivity index (χ0) is 21.7. The Kier molecular flexibility index (Phi) is 7.49. The molecule has 2 aliphatic rings. The van der Waals surface area contributed by atoms with Crippen LogP contribution in [-0.4, -0.2) is 68.9 Å². The smallest absolute Gasteiger partial charge is 0.309 e. The largest absolute Gasteiger partial charge is 0.481 e. The Morgan fingerprint density at radius 3 is 2.53 bits per heavy atom. The molecule has 2 saturated heterocycles. The monoisotopic (exact) mass is 433 g/mol. The van der Waals surface area contributed by atoms with Gasteiger partial charge in [0, 0.05) is 26.6 Å². The van der Waals surface area contributed by atoms with E-state index in [1.165, 1.54) is 6.92 Å². The highest BCUT2D eigenvalue weighted by molar-refractivity contribution is 8.14. The fourth-order valence-corrected chi connectivity index (χ4v) is 4.83. The average Bonchev–Trinajstić information content (AvgIpc) is 2.85. The van der Waals surface area contributed by atoms with Gasteiger partial charge in [0.25, 0.3) is 5.91 Å². The molecule has 1 aromatic carbocycles. The van der Waals surface area contributed by atoms with Gasteiger partial charge in [0.2, 0.25) is 5.91 Å². The highest BCUT2D eigenvalue weighted by Crippen LogP contribution is 2.25. The number of carbonyl (C=O) groups is 4. The molecule has 0 aromatic heterocycles. The lowest BCUT2D eigenvalue weighted by Crippen LogP contribution is -2.58. The topological polar surface area (TPSA) is 107 Å². The van der Waals surface area contributed by atoms with Gasteiger partial charge < -0.3 is 10.4 Å². The number of rotatable bonds is 6. The number of nitrogens with one attached hydrogen (secondary N) is 1. The molecule has 0 bridgehead atoms. The van der Waals surface area contributed by atoms with Crippen LogP contribution in [0.4, 0.5) is 0 Å². The van der Waals surface area contributed by atoms with Crippen LogP contribution in [0.3, 0.4) is 0 Å². The first-order chi connectivity index (χ1) is 14.4. The first-order valence-corrected chi connectivity index (χ1v) is 11.1. The summed E-state index contributed by atoms with van der Waals surface area (Å²) in [5, 5.41) is 14.9. The van der Waals surface area contributed by atoms with Gasteiger partial charge in [-0.2, -0.15) is 0 Å². The van der Waals surface area contributed by atoms with E-state index < -0.39 is 29.1 Å². The van der Waals surface area contributed by atoms with Crippen LogP contribution >= 0.6 is 11.8 Å². The van der Waals surface area contributed by atoms with Crippen LogP contribution in [0.5, 0.6) is 0 Å². The number of fused-ring (bicyclic) bond motifs is 1. The summed E-state index contributed by atoms with van der Waals surface area (Å²) in [6.45, 7) is 3.08. The standard InChI is InChI=1S/C21H27N3O5S/c1-14(25)30-17(13-15-7-3-2-4-8-15)19(26)22-18-16(21(28)29)9-12-23-10-5-6-11-24(23)20(18)27/h2-4,7-8,16-18H,5-6,9-13H2,1H3,(H,22,26)(H,28,29)/t16-,17+,18+/m1/s1. The first kappa shape index (κ1) is 22.3. The molecule has 9 heteroatoms. The van der Waals surface area contributed by atoms with Gasteiger partial charge in [-0.1, -0.05) is 42.1 Å². The molecule has 2 heterocycles. The van der Waals surface area contributed by atoms with Crippen molar-refractivity contribution in [1.29, 1.82) is 0 Å². The van der Waals surface area contributed by atoms with E-state index in [9.17, 15) is 24.3 Å². The van der Waals surface area contributed by atoms with Crippen LogP contribution in [0.15, 0.2) is 30.3 Å². The minimum absolute atomic E-state index is 0.213. The molecular weight excluding hydrogens is 406 g/mol. The molecule has 8 nitrogen and oxygen atoms in total. The number of nitrogens with zero attached hydrogens (tertiary/aromatic N) is 2. The summed E-state index contributed by atoms with van der Waals surface area (Å²) in [5.74, 6) is -2.99. The number of hydrogen-bond donors (Lipinski definition) is 2. The Hall–Kier alpha value is -2.39. The number of hydrogen-bond acceptors (Lipinski definition) is 6. The summed E-state index contributed by atoms with van der Waals surface area (Å²) >= 11 is 0.896. The van der Waals surface area contributed by atoms with Gasteiger partial charge in [0.05, 0.1) is 11.2 Å². The number of aliphatic carboxylic acids is 1. The molecule has 2 fully saturated rings. The third-order valence-corrected chi connectivity index (χ3v) is 6.48. The summed E-state index contributed by atoms with van der Waals surface area (Å²) in [6.07, 6.45) is 2.38. The van der Waals surface area contributed by atoms with Crippen molar-refractivity contribution in [2.45, 2.75) is 43.9 Å². The van der Waals surface area contributed by atoms with Gasteiger partial charge in [-0.15, -0.1) is 0 Å². The number of carboxylic acid groups (broad SMARTS) is 1. The Labute approximate surface area is 179 Å². The SMILES string of the molecule is CC(=O)S[C@@H](Cc1ccccc1)C(=O)N[C@@H]1C(=O)N2CCCCN2CC[C@H]1C(=O)O. The van der Waals surface area contributed by atoms with Gasteiger partial charge >= 0.3 is 5.97 Å². The summed E-state index contributed by atoms with van der Waals surface area (Å²) in [4.78, 5) is 49.9. The maximum absolute atomic E-state index is 13.2. The predicted octanol–water partition coefficient (Wildman–Crippen LogP) is 1.31. The van der Waals surface area contributed by atoms with Crippen molar-refractivity contribution in [1.82, 2.24) is 15.3 Å². The van der Waals surface area contributed by atoms with Gasteiger partial charge in [-0.25, -0.2) is 5.01 Å². The van der Waals surface area contributed by atoms with Crippen LogP contribution in [0.25, 0.3) is 0 Å². The molecule has 0 spiro atoms. The van der Waals surface area contributed by atoms with E-state index in [-0.39, 0.29) is 17.4 Å². The Morgan fingerprint density at radius 2 is 1.87 bits per heavy atom. The summed E-state index contributed by atoms with van der Waals surface area (Å²) < 4.78 is 0. The van der Waals surface area contributed by atoms with Crippen LogP contribution in [0.2, 0.25) is 0 Å². The number of amides is 2. The molecule has 30 heavy (non-hydrogen) atoms. The second-order valence-corrected chi connectivity index (χ2v) is 9.01. The summed E-state index contributed by atoms with van der Waals surface area (Å²) in [5.41, 5.74) is 0.885. The van der Waals surface area contributed by atoms with Crippen LogP contribution < -0.4 is 5.32 Å². The van der Waals surface area contributed by atoms with E-state index in [0.717, 1.165) is 30.2 Å². The molecule has 1 aromatic rings. The number of carboxylic acids is 1. The minimum Gasteiger partial charge on any atom is -0.481 e. The van der Waals surface area contributed by atoms with E-state index in [1.54, 1.807) is 5.01 Å². The van der Waals surface area contributed by atoms with Crippen molar-refractivity contribution in [3.05, 3.63) is 35.9 Å². The maximum atomic E-state index is 13.2. The van der Waals surface area contributed by atoms with Crippen LogP contribution in [0.1, 0.15) is 31.7 Å². The Balaban J connectivity index is 1.80. The highest BCUT2D eigenvalue weighted by atomic mass is 32.2.